The van der Waals surface area contributed by atoms with Gasteiger partial charge in [-0.15, -0.1) is 0 Å². The van der Waals surface area contributed by atoms with Crippen LogP contribution in [0.2, 0.25) is 0 Å². The quantitative estimate of drug-likeness (QED) is 0.599. The van der Waals surface area contributed by atoms with Gasteiger partial charge in [-0.1, -0.05) is 17.9 Å². The molecule has 1 N–H and O–H groups in total. The van der Waals surface area contributed by atoms with E-state index in [9.17, 15) is 0 Å². The highest BCUT2D eigenvalue weighted by atomic mass is 16.5. The van der Waals surface area contributed by atoms with Crippen LogP contribution in [-0.4, -0.2) is 20.7 Å². The molecule has 0 unspecified atom stereocenters. The zero-order valence-electron chi connectivity index (χ0n) is 9.55. The molecule has 0 heterocycles. The molecule has 0 spiro atoms. The van der Waals surface area contributed by atoms with Gasteiger partial charge in [-0.3, -0.25) is 0 Å². The number of methoxy groups -OCH3 is 1. The average Bonchev–Trinajstić information content (AvgIpc) is 2.26. The maximum Gasteiger partial charge on any atom is 0.120 e. The third-order valence-corrected chi connectivity index (χ3v) is 2.17. The lowest BCUT2D eigenvalue weighted by molar-refractivity contribution is 0.414. The smallest absolute Gasteiger partial charge is 0.120 e. The summed E-state index contributed by atoms with van der Waals surface area (Å²) in [4.78, 5) is 0. The Hall–Kier alpha value is -1.46. The third kappa shape index (κ3) is 3.65. The van der Waals surface area contributed by atoms with E-state index in [0.717, 1.165) is 24.3 Å². The fourth-order valence-corrected chi connectivity index (χ4v) is 1.21. The molecule has 0 bridgehead atoms. The molecule has 0 fully saturated rings. The Labute approximate surface area is 91.6 Å². The van der Waals surface area contributed by atoms with E-state index >= 15 is 0 Å². The molecule has 0 aliphatic heterocycles. The summed E-state index contributed by atoms with van der Waals surface area (Å²) in [5, 5.41) is 3.06. The second-order valence-corrected chi connectivity index (χ2v) is 3.34. The lowest BCUT2D eigenvalue weighted by Gasteiger charge is -2.02. The monoisotopic (exact) mass is 203 g/mol. The van der Waals surface area contributed by atoms with Crippen LogP contribution in [0.4, 0.5) is 0 Å². The molecule has 0 radical (unpaired) electrons. The van der Waals surface area contributed by atoms with Crippen LogP contribution in [0.15, 0.2) is 18.2 Å². The van der Waals surface area contributed by atoms with Gasteiger partial charge in [-0.25, -0.2) is 0 Å². The van der Waals surface area contributed by atoms with Crippen LogP contribution >= 0.6 is 0 Å². The normalized spacial score (nSPS) is 9.27. The summed E-state index contributed by atoms with van der Waals surface area (Å²) in [6, 6.07) is 5.96. The topological polar surface area (TPSA) is 21.3 Å². The SMILES string of the molecule is CNCCC#Cc1cc(OC)ccc1C. The van der Waals surface area contributed by atoms with Crippen molar-refractivity contribution in [2.24, 2.45) is 0 Å². The van der Waals surface area contributed by atoms with E-state index in [-0.39, 0.29) is 0 Å². The zero-order valence-corrected chi connectivity index (χ0v) is 9.55. The molecule has 2 heteroatoms. The zero-order chi connectivity index (χ0) is 11.1. The van der Waals surface area contributed by atoms with Gasteiger partial charge in [0.1, 0.15) is 5.75 Å². The van der Waals surface area contributed by atoms with Crippen molar-refractivity contribution in [2.75, 3.05) is 20.7 Å². The summed E-state index contributed by atoms with van der Waals surface area (Å²) in [7, 11) is 3.60. The molecule has 0 aromatic heterocycles. The number of aryl methyl sites for hydroxylation is 1. The van der Waals surface area contributed by atoms with E-state index in [4.69, 9.17) is 4.74 Å². The van der Waals surface area contributed by atoms with Crippen molar-refractivity contribution in [3.63, 3.8) is 0 Å². The van der Waals surface area contributed by atoms with Crippen LogP contribution in [0.1, 0.15) is 17.5 Å². The van der Waals surface area contributed by atoms with Gasteiger partial charge in [0.05, 0.1) is 7.11 Å². The van der Waals surface area contributed by atoms with Crippen LogP contribution in [0.3, 0.4) is 0 Å². The van der Waals surface area contributed by atoms with Crippen molar-refractivity contribution in [3.8, 4) is 17.6 Å². The van der Waals surface area contributed by atoms with E-state index in [1.54, 1.807) is 7.11 Å². The largest absolute Gasteiger partial charge is 0.497 e. The second kappa shape index (κ2) is 6.10. The Morgan fingerprint density at radius 3 is 2.87 bits per heavy atom. The van der Waals surface area contributed by atoms with Gasteiger partial charge in [-0.2, -0.15) is 0 Å². The number of ether oxygens (including phenoxy) is 1. The van der Waals surface area contributed by atoms with E-state index in [1.807, 2.05) is 25.2 Å². The van der Waals surface area contributed by atoms with Crippen molar-refractivity contribution in [2.45, 2.75) is 13.3 Å². The third-order valence-electron chi connectivity index (χ3n) is 2.17. The number of nitrogens with one attached hydrogen (secondary N) is 1. The number of rotatable bonds is 3. The molecule has 1 rings (SSSR count). The summed E-state index contributed by atoms with van der Waals surface area (Å²) in [5.41, 5.74) is 2.23. The molecular formula is C13H17NO. The molecule has 0 saturated heterocycles. The highest BCUT2D eigenvalue weighted by Gasteiger charge is 1.96. The van der Waals surface area contributed by atoms with Gasteiger partial charge in [0, 0.05) is 18.5 Å². The molecule has 0 saturated carbocycles. The number of benzene rings is 1. The summed E-state index contributed by atoms with van der Waals surface area (Å²) >= 11 is 0. The van der Waals surface area contributed by atoms with Crippen LogP contribution in [0, 0.1) is 18.8 Å². The Morgan fingerprint density at radius 2 is 2.20 bits per heavy atom. The fraction of sp³-hybridized carbons (Fsp3) is 0.385. The van der Waals surface area contributed by atoms with Gasteiger partial charge < -0.3 is 10.1 Å². The Morgan fingerprint density at radius 1 is 1.40 bits per heavy atom. The molecule has 0 atom stereocenters. The molecule has 0 aliphatic carbocycles. The standard InChI is InChI=1S/C13H17NO/c1-11-7-8-13(15-3)10-12(11)6-4-5-9-14-2/h7-8,10,14H,5,9H2,1-3H3. The highest BCUT2D eigenvalue weighted by molar-refractivity contribution is 5.45. The molecule has 2 nitrogen and oxygen atoms in total. The lowest BCUT2D eigenvalue weighted by Crippen LogP contribution is -2.05. The molecule has 0 aliphatic rings. The van der Waals surface area contributed by atoms with Crippen molar-refractivity contribution >= 4 is 0 Å². The van der Waals surface area contributed by atoms with Crippen LogP contribution in [0.5, 0.6) is 5.75 Å². The van der Waals surface area contributed by atoms with Crippen LogP contribution < -0.4 is 10.1 Å². The highest BCUT2D eigenvalue weighted by Crippen LogP contribution is 2.15. The lowest BCUT2D eigenvalue weighted by atomic mass is 10.1. The first kappa shape index (κ1) is 11.6. The summed E-state index contributed by atoms with van der Waals surface area (Å²) in [6.07, 6.45) is 0.868. The van der Waals surface area contributed by atoms with Crippen LogP contribution in [-0.2, 0) is 0 Å². The summed E-state index contributed by atoms with van der Waals surface area (Å²) < 4.78 is 5.16. The molecular weight excluding hydrogens is 186 g/mol. The molecule has 0 amide bonds. The van der Waals surface area contributed by atoms with E-state index in [2.05, 4.69) is 24.1 Å². The maximum absolute atomic E-state index is 5.16. The van der Waals surface area contributed by atoms with Crippen molar-refractivity contribution < 1.29 is 4.74 Å². The molecule has 80 valence electrons. The predicted molar refractivity (Wildman–Crippen MR) is 63.2 cm³/mol. The second-order valence-electron chi connectivity index (χ2n) is 3.34. The first-order valence-electron chi connectivity index (χ1n) is 5.06. The van der Waals surface area contributed by atoms with Gasteiger partial charge in [0.25, 0.3) is 0 Å². The van der Waals surface area contributed by atoms with Gasteiger partial charge in [0.2, 0.25) is 0 Å². The number of hydrogen-bond acceptors (Lipinski definition) is 2. The fourth-order valence-electron chi connectivity index (χ4n) is 1.21. The average molecular weight is 203 g/mol. The maximum atomic E-state index is 5.16. The Kier molecular flexibility index (Phi) is 4.73. The molecule has 15 heavy (non-hydrogen) atoms. The number of hydrogen-bond donors (Lipinski definition) is 1. The minimum Gasteiger partial charge on any atom is -0.497 e. The van der Waals surface area contributed by atoms with E-state index in [1.165, 1.54) is 5.56 Å². The predicted octanol–water partition coefficient (Wildman–Crippen LogP) is 1.96. The first-order valence-corrected chi connectivity index (χ1v) is 5.06. The van der Waals surface area contributed by atoms with Crippen molar-refractivity contribution in [3.05, 3.63) is 29.3 Å². The summed E-state index contributed by atoms with van der Waals surface area (Å²) in [5.74, 6) is 7.14. The van der Waals surface area contributed by atoms with E-state index < -0.39 is 0 Å². The van der Waals surface area contributed by atoms with Crippen molar-refractivity contribution in [1.29, 1.82) is 0 Å². The molecule has 1 aromatic carbocycles. The van der Waals surface area contributed by atoms with Gasteiger partial charge in [-0.05, 0) is 31.7 Å². The first-order chi connectivity index (χ1) is 7.27. The van der Waals surface area contributed by atoms with Gasteiger partial charge >= 0.3 is 0 Å². The molecule has 1 aromatic rings. The Balaban J connectivity index is 2.77. The minimum atomic E-state index is 0.860. The Bertz CT molecular complexity index is 374. The van der Waals surface area contributed by atoms with Crippen LogP contribution in [0.25, 0.3) is 0 Å². The van der Waals surface area contributed by atoms with Crippen molar-refractivity contribution in [1.82, 2.24) is 5.32 Å². The minimum absolute atomic E-state index is 0.860. The summed E-state index contributed by atoms with van der Waals surface area (Å²) in [6.45, 7) is 2.98. The van der Waals surface area contributed by atoms with E-state index in [0.29, 0.717) is 0 Å². The van der Waals surface area contributed by atoms with Gasteiger partial charge in [0.15, 0.2) is 0 Å².